The molecular formula is C15H30N2O4. The van der Waals surface area contributed by atoms with Gasteiger partial charge in [0.15, 0.2) is 0 Å². The second-order valence-corrected chi connectivity index (χ2v) is 5.37. The molecule has 0 fully saturated rings. The number of urea groups is 1. The lowest BCUT2D eigenvalue weighted by atomic mass is 10.1. The molecule has 0 aromatic rings. The normalized spacial score (nSPS) is 11.0. The Labute approximate surface area is 128 Å². The Balaban J connectivity index is 5.03. The van der Waals surface area contributed by atoms with Gasteiger partial charge >= 0.3 is 12.0 Å². The van der Waals surface area contributed by atoms with Crippen molar-refractivity contribution in [3.63, 3.8) is 0 Å². The third-order valence-electron chi connectivity index (χ3n) is 3.60. The summed E-state index contributed by atoms with van der Waals surface area (Å²) in [5, 5.41) is 8.84. The van der Waals surface area contributed by atoms with Gasteiger partial charge < -0.3 is 19.6 Å². The van der Waals surface area contributed by atoms with Gasteiger partial charge in [-0.2, -0.15) is 0 Å². The van der Waals surface area contributed by atoms with Gasteiger partial charge in [-0.05, 0) is 26.7 Å². The van der Waals surface area contributed by atoms with E-state index < -0.39 is 5.97 Å². The maximum atomic E-state index is 12.8. The molecule has 6 heteroatoms. The fourth-order valence-electron chi connectivity index (χ4n) is 2.31. The molecule has 0 aliphatic heterocycles. The molecule has 6 nitrogen and oxygen atoms in total. The summed E-state index contributed by atoms with van der Waals surface area (Å²) in [6.07, 6.45) is 1.71. The Bertz CT molecular complexity index is 317. The molecule has 21 heavy (non-hydrogen) atoms. The summed E-state index contributed by atoms with van der Waals surface area (Å²) in [4.78, 5) is 27.0. The molecule has 0 aliphatic rings. The zero-order valence-electron chi connectivity index (χ0n) is 14.0. The van der Waals surface area contributed by atoms with Crippen molar-refractivity contribution in [2.75, 3.05) is 26.8 Å². The zero-order valence-corrected chi connectivity index (χ0v) is 14.0. The Hall–Kier alpha value is -1.30. The first-order chi connectivity index (χ1) is 9.88. The molecule has 0 atom stereocenters. The summed E-state index contributed by atoms with van der Waals surface area (Å²) < 4.78 is 5.09. The molecule has 0 aromatic carbocycles. The number of nitrogens with zero attached hydrogens (tertiary/aromatic N) is 2. The van der Waals surface area contributed by atoms with E-state index in [9.17, 15) is 9.59 Å². The molecule has 0 radical (unpaired) electrons. The molecule has 0 aromatic heterocycles. The molecule has 0 saturated heterocycles. The number of carboxylic acid groups (broad SMARTS) is 1. The van der Waals surface area contributed by atoms with Crippen molar-refractivity contribution >= 4 is 12.0 Å². The van der Waals surface area contributed by atoms with Gasteiger partial charge in [-0.3, -0.25) is 4.79 Å². The summed E-state index contributed by atoms with van der Waals surface area (Å²) in [5.74, 6) is -0.889. The zero-order chi connectivity index (χ0) is 16.4. The highest BCUT2D eigenvalue weighted by Crippen LogP contribution is 2.14. The lowest BCUT2D eigenvalue weighted by Gasteiger charge is -2.37. The van der Waals surface area contributed by atoms with E-state index in [0.717, 1.165) is 12.8 Å². The van der Waals surface area contributed by atoms with Crippen molar-refractivity contribution in [2.24, 2.45) is 0 Å². The first kappa shape index (κ1) is 19.7. The fourth-order valence-corrected chi connectivity index (χ4v) is 2.31. The third kappa shape index (κ3) is 6.80. The average Bonchev–Trinajstić information content (AvgIpc) is 2.42. The van der Waals surface area contributed by atoms with Crippen LogP contribution in [-0.4, -0.2) is 65.8 Å². The number of ether oxygens (including phenoxy) is 1. The van der Waals surface area contributed by atoms with Gasteiger partial charge in [0.25, 0.3) is 0 Å². The molecule has 0 unspecified atom stereocenters. The van der Waals surface area contributed by atoms with Gasteiger partial charge in [-0.15, -0.1) is 0 Å². The molecule has 124 valence electrons. The van der Waals surface area contributed by atoms with Crippen molar-refractivity contribution in [1.29, 1.82) is 0 Å². The fraction of sp³-hybridized carbons (Fsp3) is 0.867. The largest absolute Gasteiger partial charge is 0.481 e. The van der Waals surface area contributed by atoms with Crippen LogP contribution < -0.4 is 0 Å². The minimum Gasteiger partial charge on any atom is -0.481 e. The summed E-state index contributed by atoms with van der Waals surface area (Å²) in [7, 11) is 1.61. The Morgan fingerprint density at radius 1 is 1.10 bits per heavy atom. The van der Waals surface area contributed by atoms with Gasteiger partial charge in [0.05, 0.1) is 13.0 Å². The number of rotatable bonds is 10. The Morgan fingerprint density at radius 3 is 2.05 bits per heavy atom. The van der Waals surface area contributed by atoms with E-state index in [4.69, 9.17) is 9.84 Å². The smallest absolute Gasteiger partial charge is 0.320 e. The number of carbonyl (C=O) groups is 2. The molecule has 0 spiro atoms. The average molecular weight is 302 g/mol. The lowest BCUT2D eigenvalue weighted by Crippen LogP contribution is -2.51. The number of hydrogen-bond donors (Lipinski definition) is 1. The van der Waals surface area contributed by atoms with E-state index in [1.54, 1.807) is 12.0 Å². The minimum absolute atomic E-state index is 0.0312. The van der Waals surface area contributed by atoms with Crippen molar-refractivity contribution in [1.82, 2.24) is 9.80 Å². The highest BCUT2D eigenvalue weighted by molar-refractivity contribution is 5.76. The van der Waals surface area contributed by atoms with Crippen LogP contribution in [0.15, 0.2) is 0 Å². The number of amides is 2. The molecule has 1 N–H and O–H groups in total. The predicted octanol–water partition coefficient (Wildman–Crippen LogP) is 2.43. The van der Waals surface area contributed by atoms with Crippen LogP contribution in [0.25, 0.3) is 0 Å². The number of hydrogen-bond acceptors (Lipinski definition) is 3. The summed E-state index contributed by atoms with van der Waals surface area (Å²) in [5.41, 5.74) is 0. The van der Waals surface area contributed by atoms with Gasteiger partial charge in [-0.25, -0.2) is 4.79 Å². The second-order valence-electron chi connectivity index (χ2n) is 5.37. The summed E-state index contributed by atoms with van der Waals surface area (Å²) >= 11 is 0. The molecule has 2 amide bonds. The molecule has 0 heterocycles. The van der Waals surface area contributed by atoms with E-state index >= 15 is 0 Å². The monoisotopic (exact) mass is 302 g/mol. The van der Waals surface area contributed by atoms with Crippen LogP contribution in [0.4, 0.5) is 4.79 Å². The molecule has 0 aliphatic carbocycles. The maximum Gasteiger partial charge on any atom is 0.320 e. The quantitative estimate of drug-likeness (QED) is 0.673. The van der Waals surface area contributed by atoms with E-state index in [0.29, 0.717) is 13.2 Å². The van der Waals surface area contributed by atoms with Crippen LogP contribution in [-0.2, 0) is 9.53 Å². The lowest BCUT2D eigenvalue weighted by molar-refractivity contribution is -0.137. The van der Waals surface area contributed by atoms with E-state index in [1.807, 2.05) is 18.7 Å². The highest BCUT2D eigenvalue weighted by atomic mass is 16.5. The van der Waals surface area contributed by atoms with Crippen molar-refractivity contribution < 1.29 is 19.4 Å². The van der Waals surface area contributed by atoms with Crippen molar-refractivity contribution in [3.05, 3.63) is 0 Å². The van der Waals surface area contributed by atoms with Crippen LogP contribution >= 0.6 is 0 Å². The number of carboxylic acids is 1. The minimum atomic E-state index is -0.889. The van der Waals surface area contributed by atoms with E-state index in [-0.39, 0.29) is 31.1 Å². The number of methoxy groups -OCH3 is 1. The van der Waals surface area contributed by atoms with Crippen LogP contribution in [0, 0.1) is 0 Å². The van der Waals surface area contributed by atoms with E-state index in [2.05, 4.69) is 13.8 Å². The van der Waals surface area contributed by atoms with Gasteiger partial charge in [0.2, 0.25) is 0 Å². The molecule has 0 rings (SSSR count). The van der Waals surface area contributed by atoms with Gasteiger partial charge in [0, 0.05) is 32.3 Å². The van der Waals surface area contributed by atoms with Crippen molar-refractivity contribution in [2.45, 2.75) is 59.0 Å². The summed E-state index contributed by atoms with van der Waals surface area (Å²) in [6.45, 7) is 9.15. The third-order valence-corrected chi connectivity index (χ3v) is 3.60. The molecule has 0 saturated carbocycles. The SMILES string of the molecule is CCC(CC)N(CCOC)C(=O)N(CCC(=O)O)C(C)C. The maximum absolute atomic E-state index is 12.8. The van der Waals surface area contributed by atoms with Crippen LogP contribution in [0.2, 0.25) is 0 Å². The first-order valence-corrected chi connectivity index (χ1v) is 7.66. The first-order valence-electron chi connectivity index (χ1n) is 7.66. The topological polar surface area (TPSA) is 70.1 Å². The molecule has 0 bridgehead atoms. The highest BCUT2D eigenvalue weighted by Gasteiger charge is 2.27. The molecular weight excluding hydrogens is 272 g/mol. The van der Waals surface area contributed by atoms with Crippen LogP contribution in [0.1, 0.15) is 47.0 Å². The van der Waals surface area contributed by atoms with Crippen LogP contribution in [0.3, 0.4) is 0 Å². The number of carbonyl (C=O) groups excluding carboxylic acids is 1. The number of aliphatic carboxylic acids is 1. The van der Waals surface area contributed by atoms with Crippen LogP contribution in [0.5, 0.6) is 0 Å². The Kier molecular flexibility index (Phi) is 9.78. The van der Waals surface area contributed by atoms with Gasteiger partial charge in [-0.1, -0.05) is 13.8 Å². The predicted molar refractivity (Wildman–Crippen MR) is 82.4 cm³/mol. The summed E-state index contributed by atoms with van der Waals surface area (Å²) in [6, 6.07) is 0.0204. The standard InChI is InChI=1S/C15H30N2O4/c1-6-13(7-2)17(10-11-21-5)15(20)16(12(3)4)9-8-14(18)19/h12-13H,6-11H2,1-5H3,(H,18,19). The van der Waals surface area contributed by atoms with Crippen molar-refractivity contribution in [3.8, 4) is 0 Å². The Morgan fingerprint density at radius 2 is 1.67 bits per heavy atom. The van der Waals surface area contributed by atoms with E-state index in [1.165, 1.54) is 0 Å². The van der Waals surface area contributed by atoms with Gasteiger partial charge in [0.1, 0.15) is 0 Å². The second kappa shape index (κ2) is 10.4.